The molecular formula is C11H22N2OS. The van der Waals surface area contributed by atoms with Crippen LogP contribution in [0.25, 0.3) is 0 Å². The molecule has 1 fully saturated rings. The molecular weight excluding hydrogens is 208 g/mol. The molecule has 88 valence electrons. The Kier molecular flexibility index (Phi) is 5.95. The molecule has 1 saturated heterocycles. The topological polar surface area (TPSA) is 24.5 Å². The zero-order valence-electron chi connectivity index (χ0n) is 9.79. The average molecular weight is 230 g/mol. The summed E-state index contributed by atoms with van der Waals surface area (Å²) in [7, 11) is 0. The standard InChI is InChI=1S/C11H22N2OS/c1-3-7-12-11(15)13-8-5-10(6-9-13)14-4-2/h10H,3-9H2,1-2H3,(H,12,15). The van der Waals surface area contributed by atoms with Gasteiger partial charge in [-0.2, -0.15) is 0 Å². The van der Waals surface area contributed by atoms with Crippen molar-refractivity contribution in [3.8, 4) is 0 Å². The normalized spacial score (nSPS) is 17.9. The van der Waals surface area contributed by atoms with Crippen molar-refractivity contribution in [3.63, 3.8) is 0 Å². The Balaban J connectivity index is 2.21. The number of thiocarbonyl (C=S) groups is 1. The van der Waals surface area contributed by atoms with Crippen molar-refractivity contribution in [2.75, 3.05) is 26.2 Å². The van der Waals surface area contributed by atoms with Gasteiger partial charge in [0.2, 0.25) is 0 Å². The Morgan fingerprint density at radius 1 is 1.40 bits per heavy atom. The molecule has 0 aromatic heterocycles. The Labute approximate surface area is 98.2 Å². The van der Waals surface area contributed by atoms with Crippen LogP contribution in [0.15, 0.2) is 0 Å². The highest BCUT2D eigenvalue weighted by Crippen LogP contribution is 2.13. The number of nitrogens with zero attached hydrogens (tertiary/aromatic N) is 1. The molecule has 0 saturated carbocycles. The summed E-state index contributed by atoms with van der Waals surface area (Å²) in [5.41, 5.74) is 0. The first-order chi connectivity index (χ1) is 7.27. The van der Waals surface area contributed by atoms with E-state index in [1.807, 2.05) is 0 Å². The molecule has 1 N–H and O–H groups in total. The van der Waals surface area contributed by atoms with Gasteiger partial charge >= 0.3 is 0 Å². The fraction of sp³-hybridized carbons (Fsp3) is 0.909. The van der Waals surface area contributed by atoms with Gasteiger partial charge in [0, 0.05) is 26.2 Å². The lowest BCUT2D eigenvalue weighted by molar-refractivity contribution is 0.0268. The summed E-state index contributed by atoms with van der Waals surface area (Å²) in [4.78, 5) is 2.25. The molecule has 0 radical (unpaired) electrons. The first kappa shape index (κ1) is 12.7. The monoisotopic (exact) mass is 230 g/mol. The molecule has 1 heterocycles. The minimum Gasteiger partial charge on any atom is -0.378 e. The highest BCUT2D eigenvalue weighted by atomic mass is 32.1. The van der Waals surface area contributed by atoms with Crippen molar-refractivity contribution >= 4 is 17.3 Å². The molecule has 0 atom stereocenters. The van der Waals surface area contributed by atoms with E-state index in [4.69, 9.17) is 17.0 Å². The molecule has 0 unspecified atom stereocenters. The molecule has 1 rings (SSSR count). The lowest BCUT2D eigenvalue weighted by Crippen LogP contribution is -2.45. The highest BCUT2D eigenvalue weighted by Gasteiger charge is 2.20. The van der Waals surface area contributed by atoms with Gasteiger partial charge in [-0.1, -0.05) is 6.92 Å². The van der Waals surface area contributed by atoms with Crippen molar-refractivity contribution in [2.24, 2.45) is 0 Å². The van der Waals surface area contributed by atoms with E-state index in [1.54, 1.807) is 0 Å². The fourth-order valence-electron chi connectivity index (χ4n) is 1.80. The summed E-state index contributed by atoms with van der Waals surface area (Å²) in [5, 5.41) is 4.17. The number of likely N-dealkylation sites (tertiary alicyclic amines) is 1. The SMILES string of the molecule is CCCNC(=S)N1CCC(OCC)CC1. The van der Waals surface area contributed by atoms with Gasteiger partial charge in [-0.3, -0.25) is 0 Å². The van der Waals surface area contributed by atoms with Gasteiger partial charge in [0.1, 0.15) is 0 Å². The lowest BCUT2D eigenvalue weighted by Gasteiger charge is -2.33. The number of piperidine rings is 1. The second-order valence-corrected chi connectivity index (χ2v) is 4.26. The van der Waals surface area contributed by atoms with Crippen molar-refractivity contribution in [3.05, 3.63) is 0 Å². The molecule has 0 spiro atoms. The molecule has 4 heteroatoms. The van der Waals surface area contributed by atoms with Crippen LogP contribution in [0.3, 0.4) is 0 Å². The van der Waals surface area contributed by atoms with Crippen LogP contribution in [0.5, 0.6) is 0 Å². The Hall–Kier alpha value is -0.350. The Morgan fingerprint density at radius 3 is 2.60 bits per heavy atom. The predicted molar refractivity (Wildman–Crippen MR) is 67.1 cm³/mol. The van der Waals surface area contributed by atoms with Gasteiger partial charge in [-0.15, -0.1) is 0 Å². The molecule has 1 aliphatic rings. The van der Waals surface area contributed by atoms with E-state index < -0.39 is 0 Å². The molecule has 0 bridgehead atoms. The molecule has 0 aliphatic carbocycles. The minimum absolute atomic E-state index is 0.445. The van der Waals surface area contributed by atoms with Crippen LogP contribution >= 0.6 is 12.2 Å². The van der Waals surface area contributed by atoms with Gasteiger partial charge in [0.15, 0.2) is 5.11 Å². The van der Waals surface area contributed by atoms with Gasteiger partial charge in [-0.25, -0.2) is 0 Å². The van der Waals surface area contributed by atoms with E-state index in [0.29, 0.717) is 6.10 Å². The molecule has 0 aromatic carbocycles. The smallest absolute Gasteiger partial charge is 0.168 e. The number of hydrogen-bond donors (Lipinski definition) is 1. The van der Waals surface area contributed by atoms with Crippen molar-refractivity contribution < 1.29 is 4.74 Å². The number of hydrogen-bond acceptors (Lipinski definition) is 2. The fourth-order valence-corrected chi connectivity index (χ4v) is 2.09. The highest BCUT2D eigenvalue weighted by molar-refractivity contribution is 7.80. The first-order valence-corrected chi connectivity index (χ1v) is 6.33. The summed E-state index contributed by atoms with van der Waals surface area (Å²) in [6.45, 7) is 8.06. The van der Waals surface area contributed by atoms with Gasteiger partial charge in [0.05, 0.1) is 6.10 Å². The molecule has 15 heavy (non-hydrogen) atoms. The number of nitrogens with one attached hydrogen (secondary N) is 1. The third-order valence-corrected chi connectivity index (χ3v) is 3.06. The van der Waals surface area contributed by atoms with E-state index in [1.165, 1.54) is 0 Å². The zero-order valence-corrected chi connectivity index (χ0v) is 10.6. The van der Waals surface area contributed by atoms with Crippen LogP contribution in [-0.2, 0) is 4.74 Å². The van der Waals surface area contributed by atoms with E-state index in [9.17, 15) is 0 Å². The Morgan fingerprint density at radius 2 is 2.07 bits per heavy atom. The van der Waals surface area contributed by atoms with Crippen LogP contribution in [-0.4, -0.2) is 42.4 Å². The Bertz CT molecular complexity index is 191. The molecule has 1 aliphatic heterocycles. The second-order valence-electron chi connectivity index (χ2n) is 3.87. The van der Waals surface area contributed by atoms with Crippen molar-refractivity contribution in [1.82, 2.24) is 10.2 Å². The number of ether oxygens (including phenoxy) is 1. The summed E-state index contributed by atoms with van der Waals surface area (Å²) in [6.07, 6.45) is 3.76. The second kappa shape index (κ2) is 7.01. The summed E-state index contributed by atoms with van der Waals surface area (Å²) in [6, 6.07) is 0. The molecule has 0 aromatic rings. The van der Waals surface area contributed by atoms with Crippen molar-refractivity contribution in [2.45, 2.75) is 39.2 Å². The summed E-state index contributed by atoms with van der Waals surface area (Å²) < 4.78 is 5.60. The predicted octanol–water partition coefficient (Wildman–Crippen LogP) is 1.77. The van der Waals surface area contributed by atoms with Gasteiger partial charge in [0.25, 0.3) is 0 Å². The van der Waals surface area contributed by atoms with E-state index in [0.717, 1.165) is 50.6 Å². The number of rotatable bonds is 4. The third kappa shape index (κ3) is 4.34. The van der Waals surface area contributed by atoms with E-state index in [-0.39, 0.29) is 0 Å². The molecule has 3 nitrogen and oxygen atoms in total. The van der Waals surface area contributed by atoms with Crippen LogP contribution < -0.4 is 5.32 Å². The molecule has 0 amide bonds. The van der Waals surface area contributed by atoms with Crippen LogP contribution in [0.1, 0.15) is 33.1 Å². The lowest BCUT2D eigenvalue weighted by atomic mass is 10.1. The quantitative estimate of drug-likeness (QED) is 0.744. The largest absolute Gasteiger partial charge is 0.378 e. The van der Waals surface area contributed by atoms with Gasteiger partial charge < -0.3 is 15.0 Å². The van der Waals surface area contributed by atoms with Crippen LogP contribution in [0, 0.1) is 0 Å². The van der Waals surface area contributed by atoms with Gasteiger partial charge in [-0.05, 0) is 38.4 Å². The van der Waals surface area contributed by atoms with Crippen LogP contribution in [0.4, 0.5) is 0 Å². The first-order valence-electron chi connectivity index (χ1n) is 5.92. The minimum atomic E-state index is 0.445. The average Bonchev–Trinajstić information content (AvgIpc) is 2.27. The summed E-state index contributed by atoms with van der Waals surface area (Å²) in [5.74, 6) is 0. The van der Waals surface area contributed by atoms with Crippen LogP contribution in [0.2, 0.25) is 0 Å². The summed E-state index contributed by atoms with van der Waals surface area (Å²) >= 11 is 5.32. The zero-order chi connectivity index (χ0) is 11.1. The maximum atomic E-state index is 5.60. The van der Waals surface area contributed by atoms with E-state index in [2.05, 4.69) is 24.1 Å². The maximum absolute atomic E-state index is 5.60. The maximum Gasteiger partial charge on any atom is 0.168 e. The van der Waals surface area contributed by atoms with E-state index >= 15 is 0 Å². The third-order valence-electron chi connectivity index (χ3n) is 2.66. The van der Waals surface area contributed by atoms with Crippen molar-refractivity contribution in [1.29, 1.82) is 0 Å².